The quantitative estimate of drug-likeness (QED) is 0.374. The normalized spacial score (nSPS) is 11.2. The Morgan fingerprint density at radius 3 is 2.39 bits per heavy atom. The lowest BCUT2D eigenvalue weighted by molar-refractivity contribution is 0.146. The molecule has 6 heteroatoms. The van der Waals surface area contributed by atoms with Gasteiger partial charge in [0.15, 0.2) is 5.96 Å². The standard InChI is InChI=1S/C22H31N3O3/c1-17-5-6-18(15-21(17)27-4)11-12-24-22(23-2)25-16-19-7-9-20(10-8-19)28-14-13-26-3/h5-10,15H,11-14,16H2,1-4H3,(H2,23,24,25). The second-order valence-electron chi connectivity index (χ2n) is 6.39. The summed E-state index contributed by atoms with van der Waals surface area (Å²) in [5.74, 6) is 2.55. The molecule has 0 fully saturated rings. The number of benzene rings is 2. The molecule has 0 atom stereocenters. The van der Waals surface area contributed by atoms with Crippen molar-refractivity contribution in [2.24, 2.45) is 4.99 Å². The number of aryl methyl sites for hydroxylation is 1. The maximum Gasteiger partial charge on any atom is 0.191 e. The third-order valence-corrected chi connectivity index (χ3v) is 4.34. The first-order chi connectivity index (χ1) is 13.7. The van der Waals surface area contributed by atoms with Crippen LogP contribution in [0.15, 0.2) is 47.5 Å². The van der Waals surface area contributed by atoms with E-state index in [0.717, 1.165) is 41.6 Å². The summed E-state index contributed by atoms with van der Waals surface area (Å²) in [7, 11) is 5.14. The molecule has 0 radical (unpaired) electrons. The van der Waals surface area contributed by atoms with E-state index < -0.39 is 0 Å². The fraction of sp³-hybridized carbons (Fsp3) is 0.409. The van der Waals surface area contributed by atoms with E-state index >= 15 is 0 Å². The largest absolute Gasteiger partial charge is 0.496 e. The summed E-state index contributed by atoms with van der Waals surface area (Å²) < 4.78 is 15.9. The molecule has 0 amide bonds. The first-order valence-corrected chi connectivity index (χ1v) is 9.45. The van der Waals surface area contributed by atoms with Gasteiger partial charge in [0, 0.05) is 27.2 Å². The van der Waals surface area contributed by atoms with Gasteiger partial charge in [0.1, 0.15) is 18.1 Å². The van der Waals surface area contributed by atoms with E-state index in [1.165, 1.54) is 5.56 Å². The molecule has 2 N–H and O–H groups in total. The minimum absolute atomic E-state index is 0.553. The highest BCUT2D eigenvalue weighted by molar-refractivity contribution is 5.79. The Morgan fingerprint density at radius 2 is 1.71 bits per heavy atom. The number of hydrogen-bond donors (Lipinski definition) is 2. The maximum atomic E-state index is 5.58. The molecule has 0 aromatic heterocycles. The molecule has 0 bridgehead atoms. The summed E-state index contributed by atoms with van der Waals surface area (Å²) in [6, 6.07) is 14.3. The number of ether oxygens (including phenoxy) is 3. The van der Waals surface area contributed by atoms with Gasteiger partial charge in [-0.15, -0.1) is 0 Å². The predicted molar refractivity (Wildman–Crippen MR) is 113 cm³/mol. The number of aliphatic imine (C=N–C) groups is 1. The lowest BCUT2D eigenvalue weighted by Crippen LogP contribution is -2.37. The van der Waals surface area contributed by atoms with Gasteiger partial charge in [-0.05, 0) is 48.2 Å². The van der Waals surface area contributed by atoms with Gasteiger partial charge in [0.05, 0.1) is 13.7 Å². The number of guanidine groups is 1. The Hall–Kier alpha value is -2.73. The molecule has 28 heavy (non-hydrogen) atoms. The fourth-order valence-corrected chi connectivity index (χ4v) is 2.70. The average Bonchev–Trinajstić information content (AvgIpc) is 2.72. The zero-order valence-corrected chi connectivity index (χ0v) is 17.2. The molecule has 152 valence electrons. The van der Waals surface area contributed by atoms with E-state index in [0.29, 0.717) is 19.8 Å². The van der Waals surface area contributed by atoms with Gasteiger partial charge in [0.25, 0.3) is 0 Å². The number of rotatable bonds is 10. The van der Waals surface area contributed by atoms with Gasteiger partial charge in [0.2, 0.25) is 0 Å². The first kappa shape index (κ1) is 21.6. The van der Waals surface area contributed by atoms with Crippen LogP contribution in [-0.2, 0) is 17.7 Å². The van der Waals surface area contributed by atoms with E-state index in [-0.39, 0.29) is 0 Å². The lowest BCUT2D eigenvalue weighted by Gasteiger charge is -2.13. The molecule has 0 aliphatic carbocycles. The van der Waals surface area contributed by atoms with Gasteiger partial charge in [-0.2, -0.15) is 0 Å². The molecule has 2 aromatic carbocycles. The van der Waals surface area contributed by atoms with Crippen LogP contribution in [0.4, 0.5) is 0 Å². The van der Waals surface area contributed by atoms with Crippen LogP contribution in [0.5, 0.6) is 11.5 Å². The average molecular weight is 386 g/mol. The van der Waals surface area contributed by atoms with E-state index in [1.54, 1.807) is 21.3 Å². The molecule has 0 aliphatic rings. The van der Waals surface area contributed by atoms with Gasteiger partial charge in [-0.1, -0.05) is 24.3 Å². The van der Waals surface area contributed by atoms with Crippen LogP contribution in [0, 0.1) is 6.92 Å². The molecule has 0 aliphatic heterocycles. The van der Waals surface area contributed by atoms with Crippen LogP contribution in [0.3, 0.4) is 0 Å². The highest BCUT2D eigenvalue weighted by Gasteiger charge is 2.02. The zero-order chi connectivity index (χ0) is 20.2. The lowest BCUT2D eigenvalue weighted by atomic mass is 10.1. The molecule has 0 saturated carbocycles. The van der Waals surface area contributed by atoms with Crippen molar-refractivity contribution in [3.05, 3.63) is 59.2 Å². The van der Waals surface area contributed by atoms with Crippen molar-refractivity contribution in [2.75, 3.05) is 41.0 Å². The second-order valence-corrected chi connectivity index (χ2v) is 6.39. The van der Waals surface area contributed by atoms with Crippen LogP contribution in [0.1, 0.15) is 16.7 Å². The second kappa shape index (κ2) is 11.9. The molecule has 2 rings (SSSR count). The maximum absolute atomic E-state index is 5.58. The van der Waals surface area contributed by atoms with Crippen molar-refractivity contribution in [3.63, 3.8) is 0 Å². The van der Waals surface area contributed by atoms with Crippen molar-refractivity contribution in [2.45, 2.75) is 19.9 Å². The highest BCUT2D eigenvalue weighted by atomic mass is 16.5. The van der Waals surface area contributed by atoms with Crippen molar-refractivity contribution < 1.29 is 14.2 Å². The highest BCUT2D eigenvalue weighted by Crippen LogP contribution is 2.19. The number of nitrogens with zero attached hydrogens (tertiary/aromatic N) is 1. The Labute approximate surface area is 167 Å². The minimum atomic E-state index is 0.553. The summed E-state index contributed by atoms with van der Waals surface area (Å²) in [4.78, 5) is 4.28. The van der Waals surface area contributed by atoms with Crippen LogP contribution < -0.4 is 20.1 Å². The summed E-state index contributed by atoms with van der Waals surface area (Å²) in [6.07, 6.45) is 0.894. The molecular weight excluding hydrogens is 354 g/mol. The number of hydrogen-bond acceptors (Lipinski definition) is 4. The SMILES string of the molecule is CN=C(NCCc1ccc(C)c(OC)c1)NCc1ccc(OCCOC)cc1. The number of methoxy groups -OCH3 is 2. The van der Waals surface area contributed by atoms with Crippen molar-refractivity contribution in [1.82, 2.24) is 10.6 Å². The monoisotopic (exact) mass is 385 g/mol. The Morgan fingerprint density at radius 1 is 0.964 bits per heavy atom. The van der Waals surface area contributed by atoms with Crippen molar-refractivity contribution in [1.29, 1.82) is 0 Å². The fourth-order valence-electron chi connectivity index (χ4n) is 2.70. The predicted octanol–water partition coefficient (Wildman–Crippen LogP) is 2.94. The van der Waals surface area contributed by atoms with Gasteiger partial charge < -0.3 is 24.8 Å². The van der Waals surface area contributed by atoms with E-state index in [4.69, 9.17) is 14.2 Å². The zero-order valence-electron chi connectivity index (χ0n) is 17.2. The van der Waals surface area contributed by atoms with Crippen LogP contribution in [-0.4, -0.2) is 47.0 Å². The molecule has 0 saturated heterocycles. The molecule has 0 heterocycles. The number of nitrogens with one attached hydrogen (secondary N) is 2. The molecule has 6 nitrogen and oxygen atoms in total. The topological polar surface area (TPSA) is 64.1 Å². The van der Waals surface area contributed by atoms with Gasteiger partial charge in [-0.3, -0.25) is 4.99 Å². The van der Waals surface area contributed by atoms with Crippen LogP contribution >= 0.6 is 0 Å². The summed E-state index contributed by atoms with van der Waals surface area (Å²) in [5.41, 5.74) is 3.53. The minimum Gasteiger partial charge on any atom is -0.496 e. The molecule has 0 unspecified atom stereocenters. The van der Waals surface area contributed by atoms with Crippen molar-refractivity contribution >= 4 is 5.96 Å². The van der Waals surface area contributed by atoms with E-state index in [9.17, 15) is 0 Å². The Kier molecular flexibility index (Phi) is 9.15. The third kappa shape index (κ3) is 7.12. The molecule has 2 aromatic rings. The summed E-state index contributed by atoms with van der Waals surface area (Å²) in [5, 5.41) is 6.67. The smallest absolute Gasteiger partial charge is 0.191 e. The first-order valence-electron chi connectivity index (χ1n) is 9.45. The summed E-state index contributed by atoms with van der Waals surface area (Å²) in [6.45, 7) is 4.66. The van der Waals surface area contributed by atoms with Crippen molar-refractivity contribution in [3.8, 4) is 11.5 Å². The van der Waals surface area contributed by atoms with Crippen LogP contribution in [0.2, 0.25) is 0 Å². The van der Waals surface area contributed by atoms with Crippen LogP contribution in [0.25, 0.3) is 0 Å². The van der Waals surface area contributed by atoms with E-state index in [2.05, 4.69) is 33.8 Å². The Balaban J connectivity index is 1.75. The van der Waals surface area contributed by atoms with Gasteiger partial charge in [-0.25, -0.2) is 0 Å². The summed E-state index contributed by atoms with van der Waals surface area (Å²) >= 11 is 0. The Bertz CT molecular complexity index is 745. The molecule has 0 spiro atoms. The molecular formula is C22H31N3O3. The third-order valence-electron chi connectivity index (χ3n) is 4.34. The van der Waals surface area contributed by atoms with E-state index in [1.807, 2.05) is 31.2 Å². The van der Waals surface area contributed by atoms with Gasteiger partial charge >= 0.3 is 0 Å².